The van der Waals surface area contributed by atoms with Gasteiger partial charge in [-0.2, -0.15) is 0 Å². The van der Waals surface area contributed by atoms with Crippen molar-refractivity contribution in [2.75, 3.05) is 5.32 Å². The van der Waals surface area contributed by atoms with Gasteiger partial charge in [-0.1, -0.05) is 0 Å². The number of hydrogen-bond donors (Lipinski definition) is 3. The predicted molar refractivity (Wildman–Crippen MR) is 74.7 cm³/mol. The number of anilines is 1. The van der Waals surface area contributed by atoms with Gasteiger partial charge in [0.05, 0.1) is 11.1 Å². The molecule has 0 atom stereocenters. The minimum atomic E-state index is -0.455. The molecule has 0 saturated carbocycles. The van der Waals surface area contributed by atoms with E-state index in [0.717, 1.165) is 4.47 Å². The SMILES string of the molecule is O=C(Nc1ccc2c(c1)C(=O)NC2=O)c1cc(Br)c[nH]1. The van der Waals surface area contributed by atoms with Gasteiger partial charge >= 0.3 is 0 Å². The Bertz CT molecular complexity index is 751. The van der Waals surface area contributed by atoms with Crippen molar-refractivity contribution in [3.63, 3.8) is 0 Å². The van der Waals surface area contributed by atoms with E-state index in [0.29, 0.717) is 16.9 Å². The maximum absolute atomic E-state index is 11.9. The second kappa shape index (κ2) is 4.61. The van der Waals surface area contributed by atoms with Crippen LogP contribution in [-0.4, -0.2) is 22.7 Å². The topological polar surface area (TPSA) is 91.1 Å². The molecule has 100 valence electrons. The quantitative estimate of drug-likeness (QED) is 0.733. The van der Waals surface area contributed by atoms with Crippen molar-refractivity contribution in [1.29, 1.82) is 0 Å². The molecule has 0 radical (unpaired) electrons. The number of benzene rings is 1. The molecule has 0 bridgehead atoms. The fourth-order valence-corrected chi connectivity index (χ4v) is 2.29. The van der Waals surface area contributed by atoms with Gasteiger partial charge in [0.2, 0.25) is 0 Å². The molecule has 0 aliphatic carbocycles. The first kappa shape index (κ1) is 12.6. The van der Waals surface area contributed by atoms with E-state index in [9.17, 15) is 14.4 Å². The number of fused-ring (bicyclic) bond motifs is 1. The van der Waals surface area contributed by atoms with Gasteiger partial charge in [0.25, 0.3) is 17.7 Å². The van der Waals surface area contributed by atoms with Crippen LogP contribution in [0, 0.1) is 0 Å². The zero-order valence-electron chi connectivity index (χ0n) is 9.99. The van der Waals surface area contributed by atoms with E-state index in [-0.39, 0.29) is 11.5 Å². The monoisotopic (exact) mass is 333 g/mol. The highest BCUT2D eigenvalue weighted by Crippen LogP contribution is 2.21. The number of amides is 3. The highest BCUT2D eigenvalue weighted by molar-refractivity contribution is 9.10. The number of hydrogen-bond acceptors (Lipinski definition) is 3. The largest absolute Gasteiger partial charge is 0.356 e. The molecule has 1 aromatic carbocycles. The normalized spacial score (nSPS) is 13.1. The van der Waals surface area contributed by atoms with Crippen molar-refractivity contribution >= 4 is 39.3 Å². The van der Waals surface area contributed by atoms with E-state index < -0.39 is 11.8 Å². The van der Waals surface area contributed by atoms with Crippen LogP contribution >= 0.6 is 15.9 Å². The highest BCUT2D eigenvalue weighted by atomic mass is 79.9. The number of H-pyrrole nitrogens is 1. The number of rotatable bonds is 2. The average Bonchev–Trinajstić information content (AvgIpc) is 2.95. The third-order valence-corrected chi connectivity index (χ3v) is 3.34. The third-order valence-electron chi connectivity index (χ3n) is 2.89. The average molecular weight is 334 g/mol. The molecule has 0 saturated heterocycles. The maximum atomic E-state index is 11.9. The maximum Gasteiger partial charge on any atom is 0.272 e. The molecule has 2 heterocycles. The molecule has 3 N–H and O–H groups in total. The smallest absolute Gasteiger partial charge is 0.272 e. The summed E-state index contributed by atoms with van der Waals surface area (Å²) in [6, 6.07) is 6.20. The Morgan fingerprint density at radius 1 is 1.10 bits per heavy atom. The van der Waals surface area contributed by atoms with Gasteiger partial charge in [-0.15, -0.1) is 0 Å². The number of imide groups is 1. The van der Waals surface area contributed by atoms with Gasteiger partial charge < -0.3 is 10.3 Å². The van der Waals surface area contributed by atoms with Crippen LogP contribution in [0.2, 0.25) is 0 Å². The molecule has 6 nitrogen and oxygen atoms in total. The van der Waals surface area contributed by atoms with E-state index >= 15 is 0 Å². The lowest BCUT2D eigenvalue weighted by Gasteiger charge is -2.04. The summed E-state index contributed by atoms with van der Waals surface area (Å²) in [6.07, 6.45) is 1.64. The van der Waals surface area contributed by atoms with Gasteiger partial charge in [-0.05, 0) is 40.2 Å². The summed E-state index contributed by atoms with van der Waals surface area (Å²) >= 11 is 3.24. The second-order valence-corrected chi connectivity index (χ2v) is 5.14. The van der Waals surface area contributed by atoms with Gasteiger partial charge in [0, 0.05) is 16.4 Å². The van der Waals surface area contributed by atoms with Crippen LogP contribution in [0.25, 0.3) is 0 Å². The van der Waals surface area contributed by atoms with Crippen LogP contribution in [-0.2, 0) is 0 Å². The molecule has 2 aromatic rings. The fourth-order valence-electron chi connectivity index (χ4n) is 1.94. The standard InChI is InChI=1S/C13H8BrN3O3/c14-6-3-10(15-5-6)13(20)16-7-1-2-8-9(4-7)12(19)17-11(8)18/h1-5,15H,(H,16,20)(H,17,18,19). The van der Waals surface area contributed by atoms with E-state index in [1.165, 1.54) is 12.1 Å². The van der Waals surface area contributed by atoms with Crippen molar-refractivity contribution in [3.8, 4) is 0 Å². The summed E-state index contributed by atoms with van der Waals surface area (Å²) in [4.78, 5) is 37.7. The second-order valence-electron chi connectivity index (χ2n) is 4.23. The molecule has 1 aliphatic heterocycles. The third kappa shape index (κ3) is 2.12. The minimum Gasteiger partial charge on any atom is -0.356 e. The van der Waals surface area contributed by atoms with Gasteiger partial charge in [-0.25, -0.2) is 0 Å². The Labute approximate surface area is 121 Å². The lowest BCUT2D eigenvalue weighted by atomic mass is 10.1. The number of aromatic amines is 1. The van der Waals surface area contributed by atoms with Crippen molar-refractivity contribution in [1.82, 2.24) is 10.3 Å². The summed E-state index contributed by atoms with van der Waals surface area (Å²) in [5, 5.41) is 4.85. The fraction of sp³-hybridized carbons (Fsp3) is 0. The molecule has 1 aromatic heterocycles. The summed E-state index contributed by atoms with van der Waals surface area (Å²) < 4.78 is 0.765. The molecule has 3 rings (SSSR count). The molecule has 0 fully saturated rings. The Morgan fingerprint density at radius 3 is 2.55 bits per heavy atom. The van der Waals surface area contributed by atoms with E-state index in [4.69, 9.17) is 0 Å². The van der Waals surface area contributed by atoms with E-state index in [1.54, 1.807) is 18.3 Å². The molecule has 0 spiro atoms. The van der Waals surface area contributed by atoms with Gasteiger partial charge in [0.1, 0.15) is 5.69 Å². The number of carbonyl (C=O) groups is 3. The molecular weight excluding hydrogens is 326 g/mol. The number of halogens is 1. The Hall–Kier alpha value is -2.41. The van der Waals surface area contributed by atoms with Crippen LogP contribution in [0.3, 0.4) is 0 Å². The molecule has 20 heavy (non-hydrogen) atoms. The van der Waals surface area contributed by atoms with Crippen LogP contribution in [0.15, 0.2) is 34.9 Å². The minimum absolute atomic E-state index is 0.264. The predicted octanol–water partition coefficient (Wildman–Crippen LogP) is 1.91. The lowest BCUT2D eigenvalue weighted by molar-refractivity contribution is 0.0878. The van der Waals surface area contributed by atoms with Crippen molar-refractivity contribution in [3.05, 3.63) is 51.8 Å². The Kier molecular flexibility index (Phi) is 2.90. The van der Waals surface area contributed by atoms with Gasteiger partial charge in [0.15, 0.2) is 0 Å². The summed E-state index contributed by atoms with van der Waals surface area (Å²) in [5.74, 6) is -1.21. The Balaban J connectivity index is 1.86. The van der Waals surface area contributed by atoms with Crippen LogP contribution in [0.5, 0.6) is 0 Å². The lowest BCUT2D eigenvalue weighted by Crippen LogP contribution is -2.19. The van der Waals surface area contributed by atoms with Crippen molar-refractivity contribution in [2.24, 2.45) is 0 Å². The Morgan fingerprint density at radius 2 is 1.85 bits per heavy atom. The molecular formula is C13H8BrN3O3. The molecule has 3 amide bonds. The number of carbonyl (C=O) groups excluding carboxylic acids is 3. The first-order chi connectivity index (χ1) is 9.54. The van der Waals surface area contributed by atoms with Crippen LogP contribution in [0.1, 0.15) is 31.2 Å². The van der Waals surface area contributed by atoms with E-state index in [2.05, 4.69) is 31.5 Å². The highest BCUT2D eigenvalue weighted by Gasteiger charge is 2.26. The van der Waals surface area contributed by atoms with Crippen molar-refractivity contribution in [2.45, 2.75) is 0 Å². The first-order valence-electron chi connectivity index (χ1n) is 5.69. The van der Waals surface area contributed by atoms with Gasteiger partial charge in [-0.3, -0.25) is 19.7 Å². The first-order valence-corrected chi connectivity index (χ1v) is 6.49. The zero-order chi connectivity index (χ0) is 14.3. The van der Waals surface area contributed by atoms with Crippen molar-refractivity contribution < 1.29 is 14.4 Å². The van der Waals surface area contributed by atoms with Crippen LogP contribution in [0.4, 0.5) is 5.69 Å². The summed E-state index contributed by atoms with van der Waals surface area (Å²) in [6.45, 7) is 0. The zero-order valence-corrected chi connectivity index (χ0v) is 11.6. The molecule has 1 aliphatic rings. The summed E-state index contributed by atoms with van der Waals surface area (Å²) in [5.41, 5.74) is 1.42. The molecule has 7 heteroatoms. The number of aromatic nitrogens is 1. The number of nitrogens with one attached hydrogen (secondary N) is 3. The van der Waals surface area contributed by atoms with E-state index in [1.807, 2.05) is 0 Å². The van der Waals surface area contributed by atoms with Crippen LogP contribution < -0.4 is 10.6 Å². The molecule has 0 unspecified atom stereocenters. The summed E-state index contributed by atoms with van der Waals surface area (Å²) in [7, 11) is 0.